The Balaban J connectivity index is 2.88. The van der Waals surface area contributed by atoms with Crippen molar-refractivity contribution in [3.8, 4) is 0 Å². The third-order valence-electron chi connectivity index (χ3n) is 1.93. The maximum Gasteiger partial charge on any atom is 0.138 e. The third kappa shape index (κ3) is 2.65. The van der Waals surface area contributed by atoms with Crippen LogP contribution < -0.4 is 0 Å². The van der Waals surface area contributed by atoms with Gasteiger partial charge in [0.1, 0.15) is 12.2 Å². The van der Waals surface area contributed by atoms with Crippen LogP contribution in [0.5, 0.6) is 0 Å². The fourth-order valence-electron chi connectivity index (χ4n) is 1.27. The Morgan fingerprint density at radius 2 is 2.21 bits per heavy atom. The molecule has 0 aliphatic heterocycles. The van der Waals surface area contributed by atoms with E-state index in [4.69, 9.17) is 5.41 Å². The molecule has 14 heavy (non-hydrogen) atoms. The first kappa shape index (κ1) is 10.9. The van der Waals surface area contributed by atoms with E-state index in [1.54, 1.807) is 6.33 Å². The molecule has 1 atom stereocenters. The van der Waals surface area contributed by atoms with Crippen LogP contribution in [0.1, 0.15) is 39.4 Å². The fraction of sp³-hybridized carbons (Fsp3) is 0.700. The molecule has 1 unspecified atom stereocenters. The lowest BCUT2D eigenvalue weighted by atomic mass is 9.97. The van der Waals surface area contributed by atoms with E-state index < -0.39 is 0 Å². The molecule has 0 aliphatic carbocycles. The van der Waals surface area contributed by atoms with Crippen molar-refractivity contribution < 1.29 is 0 Å². The van der Waals surface area contributed by atoms with Gasteiger partial charge in [-0.05, 0) is 5.41 Å². The van der Waals surface area contributed by atoms with Crippen molar-refractivity contribution in [2.24, 2.45) is 5.41 Å². The highest BCUT2D eigenvalue weighted by atomic mass is 15.3. The van der Waals surface area contributed by atoms with Crippen molar-refractivity contribution >= 4 is 6.21 Å². The van der Waals surface area contributed by atoms with Crippen molar-refractivity contribution in [1.29, 1.82) is 5.41 Å². The van der Waals surface area contributed by atoms with Gasteiger partial charge in [-0.15, -0.1) is 0 Å². The standard InChI is InChI=1S/C10H18N4/c1-8(5-11)9-12-7-13-14(9)6-10(2,3)4/h5,7-8,11H,6H2,1-4H3. The molecule has 1 N–H and O–H groups in total. The first-order chi connectivity index (χ1) is 6.44. The molecule has 0 aliphatic rings. The smallest absolute Gasteiger partial charge is 0.138 e. The number of rotatable bonds is 3. The van der Waals surface area contributed by atoms with Gasteiger partial charge in [0, 0.05) is 12.8 Å². The van der Waals surface area contributed by atoms with Gasteiger partial charge in [-0.1, -0.05) is 27.7 Å². The zero-order valence-corrected chi connectivity index (χ0v) is 9.28. The van der Waals surface area contributed by atoms with Crippen LogP contribution in [0.2, 0.25) is 0 Å². The number of hydrogen-bond donors (Lipinski definition) is 1. The highest BCUT2D eigenvalue weighted by Crippen LogP contribution is 2.18. The van der Waals surface area contributed by atoms with Crippen LogP contribution in [-0.2, 0) is 6.54 Å². The molecule has 0 spiro atoms. The van der Waals surface area contributed by atoms with E-state index in [0.29, 0.717) is 0 Å². The summed E-state index contributed by atoms with van der Waals surface area (Å²) in [5.74, 6) is 0.912. The molecule has 1 heterocycles. The molecule has 0 saturated heterocycles. The Hall–Kier alpha value is -1.19. The van der Waals surface area contributed by atoms with Crippen LogP contribution >= 0.6 is 0 Å². The van der Waals surface area contributed by atoms with Gasteiger partial charge in [0.25, 0.3) is 0 Å². The molecule has 0 aromatic carbocycles. The number of nitrogens with one attached hydrogen (secondary N) is 1. The molecule has 0 bridgehead atoms. The number of aromatic nitrogens is 3. The number of hydrogen-bond acceptors (Lipinski definition) is 3. The van der Waals surface area contributed by atoms with E-state index >= 15 is 0 Å². The molecule has 4 nitrogen and oxygen atoms in total. The predicted octanol–water partition coefficient (Wildman–Crippen LogP) is 2.08. The average Bonchev–Trinajstić information content (AvgIpc) is 2.48. The summed E-state index contributed by atoms with van der Waals surface area (Å²) in [6.45, 7) is 9.27. The van der Waals surface area contributed by atoms with E-state index in [-0.39, 0.29) is 11.3 Å². The normalized spacial score (nSPS) is 14.0. The molecule has 0 fully saturated rings. The van der Waals surface area contributed by atoms with Crippen LogP contribution in [0, 0.1) is 10.8 Å². The summed E-state index contributed by atoms with van der Waals surface area (Å²) in [5, 5.41) is 11.4. The minimum Gasteiger partial charge on any atom is -0.312 e. The molecule has 0 amide bonds. The molecule has 0 saturated carbocycles. The second-order valence-electron chi connectivity index (χ2n) is 4.79. The molecular weight excluding hydrogens is 176 g/mol. The lowest BCUT2D eigenvalue weighted by molar-refractivity contribution is 0.318. The Morgan fingerprint density at radius 1 is 1.57 bits per heavy atom. The third-order valence-corrected chi connectivity index (χ3v) is 1.93. The van der Waals surface area contributed by atoms with Crippen LogP contribution in [0.25, 0.3) is 0 Å². The molecule has 1 aromatic rings. The van der Waals surface area contributed by atoms with Crippen LogP contribution in [-0.4, -0.2) is 21.0 Å². The zero-order chi connectivity index (χ0) is 10.8. The lowest BCUT2D eigenvalue weighted by Gasteiger charge is -2.19. The van der Waals surface area contributed by atoms with Gasteiger partial charge >= 0.3 is 0 Å². The summed E-state index contributed by atoms with van der Waals surface area (Å²) in [4.78, 5) is 4.17. The topological polar surface area (TPSA) is 54.6 Å². The van der Waals surface area contributed by atoms with Gasteiger partial charge < -0.3 is 5.41 Å². The van der Waals surface area contributed by atoms with E-state index in [0.717, 1.165) is 12.4 Å². The van der Waals surface area contributed by atoms with Crippen LogP contribution in [0.3, 0.4) is 0 Å². The minimum absolute atomic E-state index is 0.0415. The van der Waals surface area contributed by atoms with Crippen molar-refractivity contribution in [2.75, 3.05) is 0 Å². The Bertz CT molecular complexity index is 308. The van der Waals surface area contributed by atoms with Crippen LogP contribution in [0.4, 0.5) is 0 Å². The van der Waals surface area contributed by atoms with E-state index in [1.165, 1.54) is 6.21 Å². The van der Waals surface area contributed by atoms with Crippen LogP contribution in [0.15, 0.2) is 6.33 Å². The molecule has 0 radical (unpaired) electrons. The molecule has 1 rings (SSSR count). The molecule has 4 heteroatoms. The zero-order valence-electron chi connectivity index (χ0n) is 9.28. The van der Waals surface area contributed by atoms with Crippen molar-refractivity contribution in [3.63, 3.8) is 0 Å². The second-order valence-corrected chi connectivity index (χ2v) is 4.79. The van der Waals surface area contributed by atoms with Gasteiger partial charge in [0.15, 0.2) is 0 Å². The summed E-state index contributed by atoms with van der Waals surface area (Å²) < 4.78 is 1.88. The monoisotopic (exact) mass is 194 g/mol. The summed E-state index contributed by atoms with van der Waals surface area (Å²) in [5.41, 5.74) is 0.185. The predicted molar refractivity (Wildman–Crippen MR) is 56.7 cm³/mol. The summed E-state index contributed by atoms with van der Waals surface area (Å²) in [6.07, 6.45) is 2.95. The fourth-order valence-corrected chi connectivity index (χ4v) is 1.27. The minimum atomic E-state index is 0.0415. The van der Waals surface area contributed by atoms with Gasteiger partial charge in [0.05, 0.1) is 5.92 Å². The van der Waals surface area contributed by atoms with E-state index in [1.807, 2.05) is 11.6 Å². The van der Waals surface area contributed by atoms with Crippen molar-refractivity contribution in [3.05, 3.63) is 12.2 Å². The highest BCUT2D eigenvalue weighted by molar-refractivity contribution is 5.61. The number of nitrogens with zero attached hydrogens (tertiary/aromatic N) is 3. The molecule has 1 aromatic heterocycles. The lowest BCUT2D eigenvalue weighted by Crippen LogP contribution is -2.19. The Kier molecular flexibility index (Phi) is 3.03. The Morgan fingerprint density at radius 3 is 2.71 bits per heavy atom. The van der Waals surface area contributed by atoms with Gasteiger partial charge in [-0.2, -0.15) is 5.10 Å². The van der Waals surface area contributed by atoms with E-state index in [9.17, 15) is 0 Å². The molecule has 78 valence electrons. The van der Waals surface area contributed by atoms with Crippen molar-refractivity contribution in [1.82, 2.24) is 14.8 Å². The van der Waals surface area contributed by atoms with Gasteiger partial charge in [0.2, 0.25) is 0 Å². The SMILES string of the molecule is CC(C=N)c1ncnn1CC(C)(C)C. The average molecular weight is 194 g/mol. The van der Waals surface area contributed by atoms with Gasteiger partial charge in [-0.25, -0.2) is 9.67 Å². The first-order valence-electron chi connectivity index (χ1n) is 4.82. The summed E-state index contributed by atoms with van der Waals surface area (Å²) >= 11 is 0. The largest absolute Gasteiger partial charge is 0.312 e. The maximum atomic E-state index is 7.21. The second kappa shape index (κ2) is 3.90. The summed E-state index contributed by atoms with van der Waals surface area (Å²) in [7, 11) is 0. The van der Waals surface area contributed by atoms with Crippen molar-refractivity contribution in [2.45, 2.75) is 40.2 Å². The first-order valence-corrected chi connectivity index (χ1v) is 4.82. The Labute approximate surface area is 84.9 Å². The quantitative estimate of drug-likeness (QED) is 0.749. The highest BCUT2D eigenvalue weighted by Gasteiger charge is 2.17. The van der Waals surface area contributed by atoms with E-state index in [2.05, 4.69) is 30.9 Å². The van der Waals surface area contributed by atoms with Gasteiger partial charge in [-0.3, -0.25) is 0 Å². The summed E-state index contributed by atoms with van der Waals surface area (Å²) in [6, 6.07) is 0. The maximum absolute atomic E-state index is 7.21. The molecular formula is C10H18N4.